The van der Waals surface area contributed by atoms with Crippen LogP contribution in [0.5, 0.6) is 0 Å². The average Bonchev–Trinajstić information content (AvgIpc) is 2.67. The first-order valence-corrected chi connectivity index (χ1v) is 9.33. The van der Waals surface area contributed by atoms with E-state index in [-0.39, 0.29) is 0 Å². The Morgan fingerprint density at radius 1 is 1.00 bits per heavy atom. The van der Waals surface area contributed by atoms with Gasteiger partial charge in [-0.15, -0.1) is 0 Å². The van der Waals surface area contributed by atoms with E-state index in [1.165, 1.54) is 9.13 Å². The molecule has 1 heterocycles. The van der Waals surface area contributed by atoms with E-state index in [0.717, 1.165) is 23.4 Å². The van der Waals surface area contributed by atoms with Gasteiger partial charge in [0.1, 0.15) is 0 Å². The second kappa shape index (κ2) is 9.35. The van der Waals surface area contributed by atoms with Gasteiger partial charge in [0.15, 0.2) is 0 Å². The first kappa shape index (κ1) is 18.4. The van der Waals surface area contributed by atoms with Gasteiger partial charge < -0.3 is 5.32 Å². The van der Waals surface area contributed by atoms with Gasteiger partial charge in [-0.1, -0.05) is 36.9 Å². The molecule has 3 rings (SSSR count). The quantitative estimate of drug-likeness (QED) is 0.370. The highest BCUT2D eigenvalue weighted by Crippen LogP contribution is 2.22. The highest BCUT2D eigenvalue weighted by molar-refractivity contribution is 14.1. The Hall–Kier alpha value is -2.38. The van der Waals surface area contributed by atoms with E-state index in [1.807, 2.05) is 48.5 Å². The van der Waals surface area contributed by atoms with Gasteiger partial charge in [0, 0.05) is 33.8 Å². The SMILES string of the molecule is C=C(NOCc1cccc(I)c1)c1ccccc1NCc1ccncc1. The first-order chi connectivity index (χ1) is 12.7. The lowest BCUT2D eigenvalue weighted by molar-refractivity contribution is 0.0648. The summed E-state index contributed by atoms with van der Waals surface area (Å²) in [5, 5.41) is 3.44. The highest BCUT2D eigenvalue weighted by atomic mass is 127. The number of aromatic nitrogens is 1. The smallest absolute Gasteiger partial charge is 0.0997 e. The van der Waals surface area contributed by atoms with Crippen molar-refractivity contribution in [1.29, 1.82) is 0 Å². The largest absolute Gasteiger partial charge is 0.380 e. The lowest BCUT2D eigenvalue weighted by Gasteiger charge is -2.15. The number of hydroxylamine groups is 1. The highest BCUT2D eigenvalue weighted by Gasteiger charge is 2.06. The third-order valence-corrected chi connectivity index (χ3v) is 4.48. The minimum absolute atomic E-state index is 0.475. The summed E-state index contributed by atoms with van der Waals surface area (Å²) in [5.41, 5.74) is 7.93. The van der Waals surface area contributed by atoms with E-state index in [4.69, 9.17) is 4.84 Å². The lowest BCUT2D eigenvalue weighted by Crippen LogP contribution is -2.14. The van der Waals surface area contributed by atoms with Crippen LogP contribution in [0.1, 0.15) is 16.7 Å². The maximum atomic E-state index is 5.62. The van der Waals surface area contributed by atoms with E-state index in [1.54, 1.807) is 12.4 Å². The summed E-state index contributed by atoms with van der Waals surface area (Å²) < 4.78 is 1.19. The number of pyridine rings is 1. The minimum atomic E-state index is 0.475. The van der Waals surface area contributed by atoms with Crippen LogP contribution in [-0.2, 0) is 18.0 Å². The Bertz CT molecular complexity index is 868. The van der Waals surface area contributed by atoms with Gasteiger partial charge in [0.25, 0.3) is 0 Å². The molecule has 0 aliphatic heterocycles. The van der Waals surface area contributed by atoms with Crippen molar-refractivity contribution >= 4 is 34.0 Å². The zero-order valence-corrected chi connectivity index (χ0v) is 16.4. The van der Waals surface area contributed by atoms with Crippen LogP contribution >= 0.6 is 22.6 Å². The van der Waals surface area contributed by atoms with Gasteiger partial charge in [0.2, 0.25) is 0 Å². The number of hydrogen-bond donors (Lipinski definition) is 2. The number of rotatable bonds is 8. The molecule has 0 saturated heterocycles. The molecule has 0 spiro atoms. The Labute approximate surface area is 167 Å². The van der Waals surface area contributed by atoms with E-state index < -0.39 is 0 Å². The van der Waals surface area contributed by atoms with Gasteiger partial charge in [-0.05, 0) is 64.0 Å². The zero-order valence-electron chi connectivity index (χ0n) is 14.3. The van der Waals surface area contributed by atoms with Crippen molar-refractivity contribution in [3.8, 4) is 0 Å². The molecule has 0 fully saturated rings. The van der Waals surface area contributed by atoms with Crippen LogP contribution in [0.25, 0.3) is 5.70 Å². The van der Waals surface area contributed by atoms with Crippen molar-refractivity contribution in [2.24, 2.45) is 0 Å². The molecule has 5 heteroatoms. The van der Waals surface area contributed by atoms with Crippen LogP contribution in [-0.4, -0.2) is 4.98 Å². The molecule has 0 unspecified atom stereocenters. The third-order valence-electron chi connectivity index (χ3n) is 3.81. The number of nitrogens with one attached hydrogen (secondary N) is 2. The van der Waals surface area contributed by atoms with Crippen molar-refractivity contribution < 1.29 is 4.84 Å². The zero-order chi connectivity index (χ0) is 18.2. The molecule has 0 bridgehead atoms. The molecule has 26 heavy (non-hydrogen) atoms. The predicted octanol–water partition coefficient (Wildman–Crippen LogP) is 4.99. The third kappa shape index (κ3) is 5.31. The Morgan fingerprint density at radius 2 is 1.81 bits per heavy atom. The van der Waals surface area contributed by atoms with Crippen LogP contribution in [0.3, 0.4) is 0 Å². The van der Waals surface area contributed by atoms with Gasteiger partial charge in [0.05, 0.1) is 12.3 Å². The van der Waals surface area contributed by atoms with Crippen molar-refractivity contribution in [3.05, 3.63) is 99.9 Å². The Kier molecular flexibility index (Phi) is 6.62. The molecule has 3 aromatic rings. The van der Waals surface area contributed by atoms with Gasteiger partial charge in [-0.3, -0.25) is 15.3 Å². The molecule has 0 radical (unpaired) electrons. The van der Waals surface area contributed by atoms with Crippen molar-refractivity contribution in [3.63, 3.8) is 0 Å². The van der Waals surface area contributed by atoms with Gasteiger partial charge in [-0.2, -0.15) is 0 Å². The summed E-state index contributed by atoms with van der Waals surface area (Å²) in [6.07, 6.45) is 3.59. The maximum absolute atomic E-state index is 5.62. The molecule has 0 amide bonds. The summed E-state index contributed by atoms with van der Waals surface area (Å²) in [6.45, 7) is 5.29. The summed E-state index contributed by atoms with van der Waals surface area (Å²) in [5.74, 6) is 0. The topological polar surface area (TPSA) is 46.2 Å². The Morgan fingerprint density at radius 3 is 2.62 bits per heavy atom. The second-order valence-electron chi connectivity index (χ2n) is 5.75. The molecule has 4 nitrogen and oxygen atoms in total. The average molecular weight is 457 g/mol. The molecular weight excluding hydrogens is 437 g/mol. The summed E-state index contributed by atoms with van der Waals surface area (Å²) in [6, 6.07) is 20.2. The molecule has 0 atom stereocenters. The lowest BCUT2D eigenvalue weighted by atomic mass is 10.1. The standard InChI is InChI=1S/C21H20IN3O/c1-16(25-26-15-18-5-4-6-19(22)13-18)20-7-2-3-8-21(20)24-14-17-9-11-23-12-10-17/h2-13,24-25H,1,14-15H2. The first-order valence-electron chi connectivity index (χ1n) is 8.26. The minimum Gasteiger partial charge on any atom is -0.380 e. The number of hydrogen-bond acceptors (Lipinski definition) is 4. The number of benzene rings is 2. The summed E-state index contributed by atoms with van der Waals surface area (Å²) in [4.78, 5) is 9.66. The summed E-state index contributed by atoms with van der Waals surface area (Å²) in [7, 11) is 0. The van der Waals surface area contributed by atoms with Crippen LogP contribution in [0.2, 0.25) is 0 Å². The molecule has 132 valence electrons. The van der Waals surface area contributed by atoms with E-state index in [2.05, 4.69) is 57.1 Å². The van der Waals surface area contributed by atoms with Crippen molar-refractivity contribution in [2.45, 2.75) is 13.2 Å². The van der Waals surface area contributed by atoms with E-state index >= 15 is 0 Å². The fourth-order valence-electron chi connectivity index (χ4n) is 2.49. The van der Waals surface area contributed by atoms with Crippen molar-refractivity contribution in [2.75, 3.05) is 5.32 Å². The fourth-order valence-corrected chi connectivity index (χ4v) is 3.09. The van der Waals surface area contributed by atoms with Crippen LogP contribution in [0, 0.1) is 3.57 Å². The van der Waals surface area contributed by atoms with E-state index in [9.17, 15) is 0 Å². The number of halogens is 1. The molecule has 0 saturated carbocycles. The van der Waals surface area contributed by atoms with Crippen LogP contribution in [0.4, 0.5) is 5.69 Å². The molecule has 0 aliphatic rings. The van der Waals surface area contributed by atoms with E-state index in [0.29, 0.717) is 12.3 Å². The van der Waals surface area contributed by atoms with Gasteiger partial charge >= 0.3 is 0 Å². The second-order valence-corrected chi connectivity index (χ2v) is 7.00. The fraction of sp³-hybridized carbons (Fsp3) is 0.0952. The number of para-hydroxylation sites is 1. The normalized spacial score (nSPS) is 10.3. The number of nitrogens with zero attached hydrogens (tertiary/aromatic N) is 1. The summed E-state index contributed by atoms with van der Waals surface area (Å²) >= 11 is 2.29. The Balaban J connectivity index is 1.58. The molecule has 2 N–H and O–H groups in total. The van der Waals surface area contributed by atoms with Crippen molar-refractivity contribution in [1.82, 2.24) is 10.5 Å². The molecule has 2 aromatic carbocycles. The predicted molar refractivity (Wildman–Crippen MR) is 114 cm³/mol. The van der Waals surface area contributed by atoms with Crippen LogP contribution < -0.4 is 10.8 Å². The van der Waals surface area contributed by atoms with Gasteiger partial charge in [-0.25, -0.2) is 0 Å². The number of anilines is 1. The monoisotopic (exact) mass is 457 g/mol. The maximum Gasteiger partial charge on any atom is 0.0997 e. The molecular formula is C21H20IN3O. The molecule has 0 aliphatic carbocycles. The molecule has 1 aromatic heterocycles. The van der Waals surface area contributed by atoms with Crippen LogP contribution in [0.15, 0.2) is 79.6 Å².